The number of rotatable bonds is 5. The van der Waals surface area contributed by atoms with Gasteiger partial charge in [0.1, 0.15) is 12.5 Å². The summed E-state index contributed by atoms with van der Waals surface area (Å²) < 4.78 is 4.97. The van der Waals surface area contributed by atoms with E-state index in [1.165, 1.54) is 6.07 Å². The summed E-state index contributed by atoms with van der Waals surface area (Å²) in [5.41, 5.74) is 11.1. The molecular formula is C9H13N3O3. The highest BCUT2D eigenvalue weighted by Crippen LogP contribution is 2.24. The second kappa shape index (κ2) is 5.28. The van der Waals surface area contributed by atoms with Crippen molar-refractivity contribution in [3.8, 4) is 5.75 Å². The van der Waals surface area contributed by atoms with Crippen LogP contribution in [0.5, 0.6) is 5.75 Å². The lowest BCUT2D eigenvalue weighted by Gasteiger charge is -2.05. The van der Waals surface area contributed by atoms with E-state index in [0.29, 0.717) is 24.3 Å². The zero-order valence-corrected chi connectivity index (χ0v) is 8.18. The zero-order chi connectivity index (χ0) is 11.3. The maximum Gasteiger partial charge on any atom is 0.276 e. The fourth-order valence-electron chi connectivity index (χ4n) is 1.27. The predicted molar refractivity (Wildman–Crippen MR) is 55.5 cm³/mol. The lowest BCUT2D eigenvalue weighted by Crippen LogP contribution is -2.09. The summed E-state index contributed by atoms with van der Waals surface area (Å²) in [6.07, 6.45) is 0.471. The fraction of sp³-hybridized carbons (Fsp3) is 0.333. The SMILES string of the molecule is NCCc1ccc(OCN)cc1[N+](=O)[O-]. The van der Waals surface area contributed by atoms with E-state index in [1.54, 1.807) is 12.1 Å². The van der Waals surface area contributed by atoms with Gasteiger partial charge in [0.2, 0.25) is 0 Å². The molecule has 6 nitrogen and oxygen atoms in total. The molecule has 0 amide bonds. The third kappa shape index (κ3) is 2.90. The molecule has 0 aromatic heterocycles. The zero-order valence-electron chi connectivity index (χ0n) is 8.18. The molecule has 0 spiro atoms. The Morgan fingerprint density at radius 2 is 2.13 bits per heavy atom. The van der Waals surface area contributed by atoms with Crippen LogP contribution in [0, 0.1) is 10.1 Å². The first-order valence-electron chi connectivity index (χ1n) is 4.49. The van der Waals surface area contributed by atoms with Crippen molar-refractivity contribution in [1.82, 2.24) is 0 Å². The van der Waals surface area contributed by atoms with Crippen molar-refractivity contribution in [2.45, 2.75) is 6.42 Å². The predicted octanol–water partition coefficient (Wildman–Crippen LogP) is 0.391. The fourth-order valence-corrected chi connectivity index (χ4v) is 1.27. The average molecular weight is 211 g/mol. The summed E-state index contributed by atoms with van der Waals surface area (Å²) in [4.78, 5) is 10.3. The number of nitro benzene ring substituents is 1. The topological polar surface area (TPSA) is 104 Å². The minimum atomic E-state index is -0.450. The van der Waals surface area contributed by atoms with Crippen molar-refractivity contribution in [1.29, 1.82) is 0 Å². The van der Waals surface area contributed by atoms with Crippen molar-refractivity contribution >= 4 is 5.69 Å². The third-order valence-electron chi connectivity index (χ3n) is 1.92. The molecule has 0 atom stereocenters. The van der Waals surface area contributed by atoms with Gasteiger partial charge in [0.25, 0.3) is 5.69 Å². The molecule has 0 bridgehead atoms. The Morgan fingerprint density at radius 3 is 2.67 bits per heavy atom. The molecule has 0 radical (unpaired) electrons. The first-order valence-corrected chi connectivity index (χ1v) is 4.49. The number of nitrogens with zero attached hydrogens (tertiary/aromatic N) is 1. The maximum absolute atomic E-state index is 10.7. The molecule has 0 aliphatic rings. The molecule has 6 heteroatoms. The number of nitro groups is 1. The molecule has 0 unspecified atom stereocenters. The number of hydrogen-bond donors (Lipinski definition) is 2. The van der Waals surface area contributed by atoms with Crippen LogP contribution in [0.25, 0.3) is 0 Å². The normalized spacial score (nSPS) is 10.0. The van der Waals surface area contributed by atoms with Crippen molar-refractivity contribution in [2.24, 2.45) is 11.5 Å². The number of nitrogens with two attached hydrogens (primary N) is 2. The van der Waals surface area contributed by atoms with Gasteiger partial charge in [0, 0.05) is 5.56 Å². The van der Waals surface area contributed by atoms with Crippen LogP contribution in [-0.2, 0) is 6.42 Å². The van der Waals surface area contributed by atoms with Gasteiger partial charge in [0.15, 0.2) is 0 Å². The van der Waals surface area contributed by atoms with Gasteiger partial charge in [-0.3, -0.25) is 15.8 Å². The minimum Gasteiger partial charge on any atom is -0.478 e. The van der Waals surface area contributed by atoms with Crippen molar-refractivity contribution in [3.63, 3.8) is 0 Å². The molecule has 4 N–H and O–H groups in total. The Balaban J connectivity index is 3.03. The van der Waals surface area contributed by atoms with E-state index in [0.717, 1.165) is 0 Å². The molecule has 1 aromatic rings. The highest BCUT2D eigenvalue weighted by molar-refractivity contribution is 5.46. The number of hydrogen-bond acceptors (Lipinski definition) is 5. The lowest BCUT2D eigenvalue weighted by atomic mass is 10.1. The molecule has 0 aliphatic heterocycles. The Morgan fingerprint density at radius 1 is 1.40 bits per heavy atom. The quantitative estimate of drug-likeness (QED) is 0.416. The standard InChI is InChI=1S/C9H13N3O3/c10-4-3-7-1-2-8(15-6-11)5-9(7)12(13)14/h1-2,5H,3-4,6,10-11H2. The Bertz CT molecular complexity index is 354. The van der Waals surface area contributed by atoms with E-state index in [9.17, 15) is 10.1 Å². The van der Waals surface area contributed by atoms with E-state index in [1.807, 2.05) is 0 Å². The van der Waals surface area contributed by atoms with Crippen molar-refractivity contribution < 1.29 is 9.66 Å². The summed E-state index contributed by atoms with van der Waals surface area (Å²) in [5, 5.41) is 10.7. The van der Waals surface area contributed by atoms with Gasteiger partial charge >= 0.3 is 0 Å². The van der Waals surface area contributed by atoms with Gasteiger partial charge in [-0.2, -0.15) is 0 Å². The molecule has 15 heavy (non-hydrogen) atoms. The highest BCUT2D eigenvalue weighted by Gasteiger charge is 2.14. The molecule has 1 rings (SSSR count). The maximum atomic E-state index is 10.7. The van der Waals surface area contributed by atoms with Crippen LogP contribution in [0.4, 0.5) is 5.69 Å². The molecule has 0 heterocycles. The largest absolute Gasteiger partial charge is 0.478 e. The van der Waals surface area contributed by atoms with Crippen LogP contribution < -0.4 is 16.2 Å². The lowest BCUT2D eigenvalue weighted by molar-refractivity contribution is -0.385. The Kier molecular flexibility index (Phi) is 4.02. The molecule has 0 aliphatic carbocycles. The Hall–Kier alpha value is -1.66. The summed E-state index contributed by atoms with van der Waals surface area (Å²) in [5.74, 6) is 0.393. The third-order valence-corrected chi connectivity index (χ3v) is 1.92. The smallest absolute Gasteiger partial charge is 0.276 e. The van der Waals surface area contributed by atoms with Crippen LogP contribution in [0.1, 0.15) is 5.56 Å². The van der Waals surface area contributed by atoms with Crippen LogP contribution >= 0.6 is 0 Å². The molecule has 1 aromatic carbocycles. The second-order valence-corrected chi connectivity index (χ2v) is 2.90. The summed E-state index contributed by atoms with van der Waals surface area (Å²) in [6, 6.07) is 4.64. The van der Waals surface area contributed by atoms with Crippen LogP contribution in [0.3, 0.4) is 0 Å². The van der Waals surface area contributed by atoms with E-state index < -0.39 is 4.92 Å². The summed E-state index contributed by atoms with van der Waals surface area (Å²) in [6.45, 7) is 0.366. The minimum absolute atomic E-state index is 0.00656. The molecular weight excluding hydrogens is 198 g/mol. The first-order chi connectivity index (χ1) is 7.19. The van der Waals surface area contributed by atoms with E-state index in [-0.39, 0.29) is 12.4 Å². The first kappa shape index (κ1) is 11.4. The van der Waals surface area contributed by atoms with Crippen LogP contribution in [-0.4, -0.2) is 18.2 Å². The van der Waals surface area contributed by atoms with E-state index >= 15 is 0 Å². The summed E-state index contributed by atoms with van der Waals surface area (Å²) in [7, 11) is 0. The van der Waals surface area contributed by atoms with Gasteiger partial charge in [-0.1, -0.05) is 0 Å². The monoisotopic (exact) mass is 211 g/mol. The van der Waals surface area contributed by atoms with Gasteiger partial charge < -0.3 is 10.5 Å². The summed E-state index contributed by atoms with van der Waals surface area (Å²) >= 11 is 0. The molecule has 0 saturated carbocycles. The average Bonchev–Trinajstić information content (AvgIpc) is 2.21. The van der Waals surface area contributed by atoms with E-state index in [2.05, 4.69) is 0 Å². The van der Waals surface area contributed by atoms with E-state index in [4.69, 9.17) is 16.2 Å². The molecule has 82 valence electrons. The highest BCUT2D eigenvalue weighted by atomic mass is 16.6. The van der Waals surface area contributed by atoms with Crippen molar-refractivity contribution in [3.05, 3.63) is 33.9 Å². The number of ether oxygens (including phenoxy) is 1. The van der Waals surface area contributed by atoms with Crippen molar-refractivity contribution in [2.75, 3.05) is 13.3 Å². The van der Waals surface area contributed by atoms with Crippen LogP contribution in [0.15, 0.2) is 18.2 Å². The van der Waals surface area contributed by atoms with Crippen LogP contribution in [0.2, 0.25) is 0 Å². The number of benzene rings is 1. The Labute approximate surface area is 87.0 Å². The molecule has 0 saturated heterocycles. The van der Waals surface area contributed by atoms with Gasteiger partial charge in [-0.25, -0.2) is 0 Å². The van der Waals surface area contributed by atoms with Gasteiger partial charge in [0.05, 0.1) is 11.0 Å². The van der Waals surface area contributed by atoms with Gasteiger partial charge in [-0.05, 0) is 25.1 Å². The second-order valence-electron chi connectivity index (χ2n) is 2.90. The molecule has 0 fully saturated rings. The van der Waals surface area contributed by atoms with Gasteiger partial charge in [-0.15, -0.1) is 0 Å².